The number of carbonyl (C=O) groups excluding carboxylic acids is 1. The molecule has 2 rings (SSSR count). The van der Waals surface area contributed by atoms with Gasteiger partial charge in [0, 0.05) is 20.6 Å². The van der Waals surface area contributed by atoms with Crippen molar-refractivity contribution in [2.45, 2.75) is 25.0 Å². The van der Waals surface area contributed by atoms with E-state index in [1.165, 1.54) is 42.4 Å². The quantitative estimate of drug-likeness (QED) is 0.880. The number of benzene rings is 1. The number of fused-ring (bicyclic) bond motifs is 1. The van der Waals surface area contributed by atoms with Gasteiger partial charge in [-0.25, -0.2) is 13.2 Å². The molecule has 8 heteroatoms. The van der Waals surface area contributed by atoms with Crippen LogP contribution in [-0.4, -0.2) is 56.2 Å². The summed E-state index contributed by atoms with van der Waals surface area (Å²) in [6.07, 6.45) is 1.01. The van der Waals surface area contributed by atoms with Crippen molar-refractivity contribution in [3.05, 3.63) is 29.3 Å². The molecule has 0 fully saturated rings. The van der Waals surface area contributed by atoms with Gasteiger partial charge in [-0.05, 0) is 37.5 Å². The molecule has 0 aromatic heterocycles. The third kappa shape index (κ3) is 3.03. The van der Waals surface area contributed by atoms with E-state index in [1.807, 2.05) is 0 Å². The first-order chi connectivity index (χ1) is 10.7. The number of carboxylic acids is 1. The Hall–Kier alpha value is -2.09. The maximum absolute atomic E-state index is 12.8. The molecule has 0 saturated heterocycles. The van der Waals surface area contributed by atoms with Crippen LogP contribution in [0.3, 0.4) is 0 Å². The van der Waals surface area contributed by atoms with Crippen molar-refractivity contribution in [2.24, 2.45) is 0 Å². The molecule has 0 bridgehead atoms. The molecule has 1 amide bonds. The highest BCUT2D eigenvalue weighted by molar-refractivity contribution is 7.94. The molecule has 1 unspecified atom stereocenters. The van der Waals surface area contributed by atoms with Crippen molar-refractivity contribution in [3.8, 4) is 0 Å². The van der Waals surface area contributed by atoms with E-state index in [4.69, 9.17) is 0 Å². The fourth-order valence-electron chi connectivity index (χ4n) is 2.74. The molecule has 23 heavy (non-hydrogen) atoms. The minimum atomic E-state index is -3.91. The summed E-state index contributed by atoms with van der Waals surface area (Å²) in [4.78, 5) is 24.6. The summed E-state index contributed by atoms with van der Waals surface area (Å²) >= 11 is 0. The van der Waals surface area contributed by atoms with Crippen LogP contribution in [0.15, 0.2) is 18.2 Å². The topological polar surface area (TPSA) is 95.0 Å². The zero-order valence-electron chi connectivity index (χ0n) is 13.3. The highest BCUT2D eigenvalue weighted by atomic mass is 32.2. The Morgan fingerprint density at radius 1 is 1.30 bits per heavy atom. The molecule has 1 aliphatic heterocycles. The summed E-state index contributed by atoms with van der Waals surface area (Å²) in [5.41, 5.74) is 0.961. The summed E-state index contributed by atoms with van der Waals surface area (Å²) in [6, 6.07) is 4.57. The zero-order chi connectivity index (χ0) is 17.4. The van der Waals surface area contributed by atoms with Crippen molar-refractivity contribution in [3.63, 3.8) is 0 Å². The number of hydrogen-bond donors (Lipinski definition) is 1. The van der Waals surface area contributed by atoms with Gasteiger partial charge in [0.25, 0.3) is 0 Å². The van der Waals surface area contributed by atoms with Crippen LogP contribution in [0.4, 0.5) is 5.69 Å². The molecular weight excluding hydrogens is 320 g/mol. The van der Waals surface area contributed by atoms with Gasteiger partial charge in [-0.2, -0.15) is 0 Å². The van der Waals surface area contributed by atoms with Gasteiger partial charge in [0.1, 0.15) is 0 Å². The van der Waals surface area contributed by atoms with E-state index >= 15 is 0 Å². The molecule has 0 saturated carbocycles. The van der Waals surface area contributed by atoms with Crippen molar-refractivity contribution in [1.29, 1.82) is 0 Å². The van der Waals surface area contributed by atoms with Gasteiger partial charge < -0.3 is 10.0 Å². The minimum Gasteiger partial charge on any atom is -0.478 e. The zero-order valence-corrected chi connectivity index (χ0v) is 14.1. The second-order valence-electron chi connectivity index (χ2n) is 5.70. The molecule has 1 aliphatic rings. The second-order valence-corrected chi connectivity index (χ2v) is 7.88. The molecule has 1 aromatic carbocycles. The molecule has 7 nitrogen and oxygen atoms in total. The van der Waals surface area contributed by atoms with E-state index in [1.54, 1.807) is 6.07 Å². The molecule has 126 valence electrons. The monoisotopic (exact) mass is 340 g/mol. The Kier molecular flexibility index (Phi) is 4.65. The maximum Gasteiger partial charge on any atom is 0.336 e. The largest absolute Gasteiger partial charge is 0.478 e. The van der Waals surface area contributed by atoms with Gasteiger partial charge in [-0.1, -0.05) is 6.07 Å². The third-order valence-electron chi connectivity index (χ3n) is 3.98. The SMILES string of the molecule is CC(C(=O)N(C)C)S(=O)(=O)N1CCCc2c(C(=O)O)cccc21. The minimum absolute atomic E-state index is 0.106. The lowest BCUT2D eigenvalue weighted by Crippen LogP contribution is -2.47. The van der Waals surface area contributed by atoms with E-state index in [2.05, 4.69) is 0 Å². The van der Waals surface area contributed by atoms with Crippen LogP contribution in [0, 0.1) is 0 Å². The number of carbonyl (C=O) groups is 2. The lowest BCUT2D eigenvalue weighted by atomic mass is 9.98. The predicted octanol–water partition coefficient (Wildman–Crippen LogP) is 0.944. The Morgan fingerprint density at radius 3 is 2.52 bits per heavy atom. The maximum atomic E-state index is 12.8. The summed E-state index contributed by atoms with van der Waals surface area (Å²) in [5.74, 6) is -1.59. The van der Waals surface area contributed by atoms with Crippen molar-refractivity contribution in [2.75, 3.05) is 24.9 Å². The molecule has 1 atom stereocenters. The Bertz CT molecular complexity index is 742. The van der Waals surface area contributed by atoms with E-state index in [-0.39, 0.29) is 12.1 Å². The average Bonchev–Trinajstić information content (AvgIpc) is 2.51. The van der Waals surface area contributed by atoms with Crippen LogP contribution in [0.2, 0.25) is 0 Å². The number of carboxylic acid groups (broad SMARTS) is 1. The lowest BCUT2D eigenvalue weighted by Gasteiger charge is -2.33. The van der Waals surface area contributed by atoms with Crippen LogP contribution in [0.25, 0.3) is 0 Å². The predicted molar refractivity (Wildman–Crippen MR) is 86.1 cm³/mol. The van der Waals surface area contributed by atoms with E-state index in [9.17, 15) is 23.1 Å². The fraction of sp³-hybridized carbons (Fsp3) is 0.467. The van der Waals surface area contributed by atoms with Gasteiger partial charge >= 0.3 is 5.97 Å². The normalized spacial score (nSPS) is 15.7. The van der Waals surface area contributed by atoms with Crippen molar-refractivity contribution < 1.29 is 23.1 Å². The number of aromatic carboxylic acids is 1. The summed E-state index contributed by atoms with van der Waals surface area (Å²) < 4.78 is 26.8. The molecule has 1 heterocycles. The molecule has 0 aliphatic carbocycles. The van der Waals surface area contributed by atoms with Gasteiger partial charge in [0.05, 0.1) is 11.3 Å². The van der Waals surface area contributed by atoms with Gasteiger partial charge in [-0.3, -0.25) is 9.10 Å². The highest BCUT2D eigenvalue weighted by Crippen LogP contribution is 2.33. The first-order valence-electron chi connectivity index (χ1n) is 7.25. The molecule has 0 spiro atoms. The number of nitrogens with zero attached hydrogens (tertiary/aromatic N) is 2. The molecular formula is C15H20N2O5S. The first kappa shape index (κ1) is 17.3. The average molecular weight is 340 g/mol. The number of anilines is 1. The first-order valence-corrected chi connectivity index (χ1v) is 8.76. The highest BCUT2D eigenvalue weighted by Gasteiger charge is 2.37. The van der Waals surface area contributed by atoms with Crippen LogP contribution < -0.4 is 4.31 Å². The fourth-order valence-corrected chi connectivity index (χ4v) is 4.41. The standard InChI is InChI=1S/C15H20N2O5S/c1-10(14(18)16(2)3)23(21,22)17-9-5-7-11-12(15(19)20)6-4-8-13(11)17/h4,6,8,10H,5,7,9H2,1-3H3,(H,19,20). The number of hydrogen-bond acceptors (Lipinski definition) is 4. The van der Waals surface area contributed by atoms with Crippen LogP contribution >= 0.6 is 0 Å². The van der Waals surface area contributed by atoms with E-state index < -0.39 is 27.1 Å². The molecule has 1 aromatic rings. The summed E-state index contributed by atoms with van der Waals surface area (Å²) in [7, 11) is -0.911. The Balaban J connectivity index is 2.50. The van der Waals surface area contributed by atoms with Crippen molar-refractivity contribution >= 4 is 27.6 Å². The van der Waals surface area contributed by atoms with Crippen LogP contribution in [-0.2, 0) is 21.2 Å². The van der Waals surface area contributed by atoms with Gasteiger partial charge in [0.15, 0.2) is 5.25 Å². The summed E-state index contributed by atoms with van der Waals surface area (Å²) in [5, 5.41) is 8.05. The summed E-state index contributed by atoms with van der Waals surface area (Å²) in [6.45, 7) is 1.59. The van der Waals surface area contributed by atoms with Crippen LogP contribution in [0.5, 0.6) is 0 Å². The van der Waals surface area contributed by atoms with E-state index in [0.717, 1.165) is 0 Å². The van der Waals surface area contributed by atoms with Gasteiger partial charge in [-0.15, -0.1) is 0 Å². The second kappa shape index (κ2) is 6.19. The molecule has 0 radical (unpaired) electrons. The van der Waals surface area contributed by atoms with Crippen molar-refractivity contribution in [1.82, 2.24) is 4.90 Å². The van der Waals surface area contributed by atoms with Gasteiger partial charge in [0.2, 0.25) is 15.9 Å². The Labute approximate surface area is 135 Å². The van der Waals surface area contributed by atoms with Crippen LogP contribution in [0.1, 0.15) is 29.3 Å². The third-order valence-corrected chi connectivity index (χ3v) is 6.07. The number of rotatable bonds is 4. The number of sulfonamides is 1. The van der Waals surface area contributed by atoms with E-state index in [0.29, 0.717) is 24.1 Å². The number of amides is 1. The molecule has 1 N–H and O–H groups in total. The smallest absolute Gasteiger partial charge is 0.336 e. The lowest BCUT2D eigenvalue weighted by molar-refractivity contribution is -0.127. The Morgan fingerprint density at radius 2 is 1.96 bits per heavy atom.